The van der Waals surface area contributed by atoms with Crippen LogP contribution in [-0.2, 0) is 23.0 Å². The number of hydrogen-bond acceptors (Lipinski definition) is 3. The maximum atomic E-state index is 12.9. The molecule has 0 saturated carbocycles. The van der Waals surface area contributed by atoms with Gasteiger partial charge in [-0.3, -0.25) is 4.79 Å². The van der Waals surface area contributed by atoms with Crippen LogP contribution in [0, 0.1) is 5.92 Å². The van der Waals surface area contributed by atoms with Crippen molar-refractivity contribution in [1.29, 1.82) is 0 Å². The van der Waals surface area contributed by atoms with Crippen LogP contribution in [0.2, 0.25) is 0 Å². The van der Waals surface area contributed by atoms with Crippen molar-refractivity contribution in [2.45, 2.75) is 31.7 Å². The van der Waals surface area contributed by atoms with Gasteiger partial charge >= 0.3 is 0 Å². The fourth-order valence-electron chi connectivity index (χ4n) is 3.00. The lowest BCUT2D eigenvalue weighted by Gasteiger charge is -2.28. The highest BCUT2D eigenvalue weighted by atomic mass is 32.2. The minimum absolute atomic E-state index is 0.186. The molecule has 138 valence electrons. The smallest absolute Gasteiger partial charge is 0.251 e. The van der Waals surface area contributed by atoms with Crippen LogP contribution in [0.4, 0.5) is 0 Å². The second-order valence-corrected chi connectivity index (χ2v) is 8.92. The van der Waals surface area contributed by atoms with Crippen molar-refractivity contribution in [1.82, 2.24) is 9.62 Å². The minimum Gasteiger partial charge on any atom is -0.352 e. The van der Waals surface area contributed by atoms with Gasteiger partial charge in [0.25, 0.3) is 5.91 Å². The molecule has 0 unspecified atom stereocenters. The van der Waals surface area contributed by atoms with Gasteiger partial charge in [-0.15, -0.1) is 0 Å². The zero-order valence-corrected chi connectivity index (χ0v) is 15.9. The maximum absolute atomic E-state index is 12.9. The third kappa shape index (κ3) is 3.97. The number of hydrogen-bond donors (Lipinski definition) is 1. The summed E-state index contributed by atoms with van der Waals surface area (Å²) in [4.78, 5) is 12.3. The zero-order chi connectivity index (χ0) is 18.7. The Balaban J connectivity index is 1.75. The van der Waals surface area contributed by atoms with Gasteiger partial charge in [-0.1, -0.05) is 38.1 Å². The quantitative estimate of drug-likeness (QED) is 0.878. The zero-order valence-electron chi connectivity index (χ0n) is 15.1. The van der Waals surface area contributed by atoms with Gasteiger partial charge in [-0.05, 0) is 47.7 Å². The number of amides is 1. The Morgan fingerprint density at radius 3 is 2.38 bits per heavy atom. The summed E-state index contributed by atoms with van der Waals surface area (Å²) in [5, 5.41) is 2.83. The Bertz CT molecular complexity index is 890. The van der Waals surface area contributed by atoms with Crippen molar-refractivity contribution in [2.24, 2.45) is 5.92 Å². The molecule has 1 heterocycles. The molecule has 0 bridgehead atoms. The van der Waals surface area contributed by atoms with E-state index in [0.29, 0.717) is 37.5 Å². The Kier molecular flexibility index (Phi) is 5.44. The lowest BCUT2D eigenvalue weighted by Crippen LogP contribution is -2.36. The molecule has 2 aromatic carbocycles. The first kappa shape index (κ1) is 18.6. The van der Waals surface area contributed by atoms with Crippen molar-refractivity contribution in [3.05, 3.63) is 65.2 Å². The molecule has 1 aliphatic rings. The van der Waals surface area contributed by atoms with E-state index < -0.39 is 10.0 Å². The predicted molar refractivity (Wildman–Crippen MR) is 101 cm³/mol. The van der Waals surface area contributed by atoms with Crippen molar-refractivity contribution in [2.75, 3.05) is 13.1 Å². The fraction of sp³-hybridized carbons (Fsp3) is 0.350. The Hall–Kier alpha value is -2.18. The standard InChI is InChI=1S/C20H24N2O3S/c1-15(2)13-21-20(23)17-7-9-19(10-8-17)26(24,25)22-12-11-16-5-3-4-6-18(16)14-22/h3-10,15H,11-14H2,1-2H3,(H,21,23). The van der Waals surface area contributed by atoms with E-state index in [9.17, 15) is 13.2 Å². The number of rotatable bonds is 5. The summed E-state index contributed by atoms with van der Waals surface area (Å²) in [6, 6.07) is 14.1. The summed E-state index contributed by atoms with van der Waals surface area (Å²) in [5.41, 5.74) is 2.72. The van der Waals surface area contributed by atoms with E-state index in [1.54, 1.807) is 12.1 Å². The van der Waals surface area contributed by atoms with Gasteiger partial charge in [0.05, 0.1) is 4.90 Å². The van der Waals surface area contributed by atoms with Crippen molar-refractivity contribution >= 4 is 15.9 Å². The highest BCUT2D eigenvalue weighted by Crippen LogP contribution is 2.25. The van der Waals surface area contributed by atoms with Crippen LogP contribution in [0.3, 0.4) is 0 Å². The van der Waals surface area contributed by atoms with Crippen LogP contribution in [0.25, 0.3) is 0 Å². The number of sulfonamides is 1. The van der Waals surface area contributed by atoms with Gasteiger partial charge in [-0.2, -0.15) is 4.31 Å². The molecular formula is C20H24N2O3S. The summed E-state index contributed by atoms with van der Waals surface area (Å²) in [7, 11) is -3.57. The Labute approximate surface area is 155 Å². The van der Waals surface area contributed by atoms with E-state index in [0.717, 1.165) is 5.56 Å². The molecule has 1 aliphatic heterocycles. The van der Waals surface area contributed by atoms with E-state index in [1.807, 2.05) is 38.1 Å². The van der Waals surface area contributed by atoms with E-state index in [2.05, 4.69) is 5.32 Å². The molecule has 0 saturated heterocycles. The van der Waals surface area contributed by atoms with E-state index >= 15 is 0 Å². The van der Waals surface area contributed by atoms with E-state index in [4.69, 9.17) is 0 Å². The lowest BCUT2D eigenvalue weighted by molar-refractivity contribution is 0.0949. The molecule has 0 radical (unpaired) electrons. The SMILES string of the molecule is CC(C)CNC(=O)c1ccc(S(=O)(=O)N2CCc3ccccc3C2)cc1. The molecule has 5 nitrogen and oxygen atoms in total. The molecule has 3 rings (SSSR count). The first-order valence-corrected chi connectivity index (χ1v) is 10.3. The predicted octanol–water partition coefficient (Wildman–Crippen LogP) is 2.82. The number of benzene rings is 2. The monoisotopic (exact) mass is 372 g/mol. The average molecular weight is 372 g/mol. The first-order chi connectivity index (χ1) is 12.4. The largest absolute Gasteiger partial charge is 0.352 e. The molecule has 6 heteroatoms. The summed E-state index contributed by atoms with van der Waals surface area (Å²) in [6.07, 6.45) is 0.713. The Morgan fingerprint density at radius 1 is 1.08 bits per heavy atom. The molecule has 0 aliphatic carbocycles. The summed E-state index contributed by atoms with van der Waals surface area (Å²) in [5.74, 6) is 0.176. The van der Waals surface area contributed by atoms with E-state index in [-0.39, 0.29) is 10.8 Å². The molecule has 0 spiro atoms. The number of fused-ring (bicyclic) bond motifs is 1. The topological polar surface area (TPSA) is 66.5 Å². The van der Waals surface area contributed by atoms with Crippen LogP contribution in [0.5, 0.6) is 0 Å². The van der Waals surface area contributed by atoms with Crippen LogP contribution in [0.1, 0.15) is 35.3 Å². The summed E-state index contributed by atoms with van der Waals surface area (Å²) < 4.78 is 27.3. The van der Waals surface area contributed by atoms with Gasteiger partial charge in [0.1, 0.15) is 0 Å². The van der Waals surface area contributed by atoms with Crippen molar-refractivity contribution in [3.63, 3.8) is 0 Å². The molecule has 1 amide bonds. The second kappa shape index (κ2) is 7.60. The summed E-state index contributed by atoms with van der Waals surface area (Å²) >= 11 is 0. The van der Waals surface area contributed by atoms with Gasteiger partial charge in [0, 0.05) is 25.2 Å². The number of carbonyl (C=O) groups excluding carboxylic acids is 1. The van der Waals surface area contributed by atoms with E-state index in [1.165, 1.54) is 22.0 Å². The molecule has 0 aromatic heterocycles. The van der Waals surface area contributed by atoms with Gasteiger partial charge < -0.3 is 5.32 Å². The van der Waals surface area contributed by atoms with Crippen molar-refractivity contribution in [3.8, 4) is 0 Å². The van der Waals surface area contributed by atoms with Crippen LogP contribution < -0.4 is 5.32 Å². The average Bonchev–Trinajstić information content (AvgIpc) is 2.65. The molecule has 0 atom stereocenters. The molecule has 26 heavy (non-hydrogen) atoms. The third-order valence-electron chi connectivity index (χ3n) is 4.52. The van der Waals surface area contributed by atoms with Crippen molar-refractivity contribution < 1.29 is 13.2 Å². The number of nitrogens with zero attached hydrogens (tertiary/aromatic N) is 1. The molecular weight excluding hydrogens is 348 g/mol. The highest BCUT2D eigenvalue weighted by molar-refractivity contribution is 7.89. The lowest BCUT2D eigenvalue weighted by atomic mass is 10.0. The van der Waals surface area contributed by atoms with Crippen LogP contribution in [-0.4, -0.2) is 31.7 Å². The highest BCUT2D eigenvalue weighted by Gasteiger charge is 2.28. The van der Waals surface area contributed by atoms with Gasteiger partial charge in [-0.25, -0.2) is 8.42 Å². The minimum atomic E-state index is -3.57. The molecule has 0 fully saturated rings. The summed E-state index contributed by atoms with van der Waals surface area (Å²) in [6.45, 7) is 5.48. The third-order valence-corrected chi connectivity index (χ3v) is 6.38. The van der Waals surface area contributed by atoms with Gasteiger partial charge in [0.2, 0.25) is 10.0 Å². The Morgan fingerprint density at radius 2 is 1.73 bits per heavy atom. The first-order valence-electron chi connectivity index (χ1n) is 8.83. The maximum Gasteiger partial charge on any atom is 0.251 e. The van der Waals surface area contributed by atoms with Gasteiger partial charge in [0.15, 0.2) is 0 Å². The molecule has 1 N–H and O–H groups in total. The normalized spacial score (nSPS) is 14.9. The molecule has 2 aromatic rings. The number of nitrogens with one attached hydrogen (secondary N) is 1. The second-order valence-electron chi connectivity index (χ2n) is 6.99. The number of carbonyl (C=O) groups is 1. The van der Waals surface area contributed by atoms with Crippen LogP contribution in [0.15, 0.2) is 53.4 Å². The fourth-order valence-corrected chi connectivity index (χ4v) is 4.42. The van der Waals surface area contributed by atoms with Crippen LogP contribution >= 0.6 is 0 Å².